The molecule has 0 saturated carbocycles. The van der Waals surface area contributed by atoms with Gasteiger partial charge in [-0.05, 0) is 23.3 Å². The molecule has 25 heavy (non-hydrogen) atoms. The highest BCUT2D eigenvalue weighted by Gasteiger charge is 2.28. The Morgan fingerprint density at radius 1 is 1.08 bits per heavy atom. The van der Waals surface area contributed by atoms with Crippen LogP contribution in [0.2, 0.25) is 0 Å². The maximum Gasteiger partial charge on any atom is 0.328 e. The van der Waals surface area contributed by atoms with Crippen LogP contribution in [0.3, 0.4) is 0 Å². The van der Waals surface area contributed by atoms with E-state index in [9.17, 15) is 9.59 Å². The minimum absolute atomic E-state index is 0.146. The van der Waals surface area contributed by atoms with E-state index in [0.717, 1.165) is 11.1 Å². The van der Waals surface area contributed by atoms with E-state index in [-0.39, 0.29) is 18.2 Å². The van der Waals surface area contributed by atoms with E-state index in [4.69, 9.17) is 10.00 Å². The number of carbonyl (C=O) groups excluding carboxylic acids is 2. The van der Waals surface area contributed by atoms with Gasteiger partial charge in [0.25, 0.3) is 5.91 Å². The molecule has 0 fully saturated rings. The van der Waals surface area contributed by atoms with Crippen LogP contribution in [0.5, 0.6) is 0 Å². The number of hydrogen-bond acceptors (Lipinski definition) is 4. The number of methoxy groups -OCH3 is 1. The SMILES string of the molecule is COC(=O)[C@@H](NC(=O)c1ccc(-c2ccccc2)cc1)[C@@H](C)CC#N. The number of amides is 1. The first kappa shape index (κ1) is 18.2. The molecule has 2 atom stereocenters. The van der Waals surface area contributed by atoms with E-state index in [2.05, 4.69) is 5.32 Å². The van der Waals surface area contributed by atoms with Gasteiger partial charge in [-0.3, -0.25) is 4.79 Å². The Hall–Kier alpha value is -3.13. The lowest BCUT2D eigenvalue weighted by molar-refractivity contribution is -0.144. The number of nitrogens with zero attached hydrogens (tertiary/aromatic N) is 1. The molecule has 0 aliphatic carbocycles. The zero-order valence-electron chi connectivity index (χ0n) is 14.2. The van der Waals surface area contributed by atoms with Crippen molar-refractivity contribution in [2.45, 2.75) is 19.4 Å². The number of nitrogens with one attached hydrogen (secondary N) is 1. The van der Waals surface area contributed by atoms with Crippen LogP contribution in [-0.2, 0) is 9.53 Å². The number of carbonyl (C=O) groups is 2. The normalized spacial score (nSPS) is 12.5. The Kier molecular flexibility index (Phi) is 6.30. The Morgan fingerprint density at radius 3 is 2.24 bits per heavy atom. The van der Waals surface area contributed by atoms with E-state index >= 15 is 0 Å². The first-order valence-electron chi connectivity index (χ1n) is 7.98. The third kappa shape index (κ3) is 4.67. The van der Waals surface area contributed by atoms with Crippen LogP contribution in [0.1, 0.15) is 23.7 Å². The van der Waals surface area contributed by atoms with Crippen molar-refractivity contribution in [1.29, 1.82) is 5.26 Å². The minimum Gasteiger partial charge on any atom is -0.467 e. The van der Waals surface area contributed by atoms with Gasteiger partial charge in [0.1, 0.15) is 6.04 Å². The molecular weight excluding hydrogens is 316 g/mol. The summed E-state index contributed by atoms with van der Waals surface area (Å²) in [5, 5.41) is 11.5. The molecule has 1 N–H and O–H groups in total. The number of benzene rings is 2. The molecule has 2 rings (SSSR count). The third-order valence-electron chi connectivity index (χ3n) is 3.98. The average Bonchev–Trinajstić information content (AvgIpc) is 2.66. The van der Waals surface area contributed by atoms with Gasteiger partial charge in [-0.1, -0.05) is 49.4 Å². The third-order valence-corrected chi connectivity index (χ3v) is 3.98. The average molecular weight is 336 g/mol. The quantitative estimate of drug-likeness (QED) is 0.822. The molecule has 0 heterocycles. The molecule has 0 aromatic heterocycles. The highest BCUT2D eigenvalue weighted by Crippen LogP contribution is 2.19. The second-order valence-electron chi connectivity index (χ2n) is 5.76. The Morgan fingerprint density at radius 2 is 1.68 bits per heavy atom. The summed E-state index contributed by atoms with van der Waals surface area (Å²) in [5.74, 6) is -1.28. The van der Waals surface area contributed by atoms with Gasteiger partial charge in [0.2, 0.25) is 0 Å². The molecule has 0 spiro atoms. The largest absolute Gasteiger partial charge is 0.467 e. The molecule has 0 aliphatic heterocycles. The van der Waals surface area contributed by atoms with Crippen molar-refractivity contribution in [3.63, 3.8) is 0 Å². The van der Waals surface area contributed by atoms with E-state index in [1.165, 1.54) is 7.11 Å². The first-order chi connectivity index (χ1) is 12.1. The summed E-state index contributed by atoms with van der Waals surface area (Å²) >= 11 is 0. The molecule has 0 bridgehead atoms. The van der Waals surface area contributed by atoms with Gasteiger partial charge in [0, 0.05) is 17.9 Å². The van der Waals surface area contributed by atoms with Gasteiger partial charge in [-0.2, -0.15) is 5.26 Å². The van der Waals surface area contributed by atoms with Gasteiger partial charge in [-0.25, -0.2) is 4.79 Å². The molecule has 128 valence electrons. The highest BCUT2D eigenvalue weighted by molar-refractivity contribution is 5.97. The molecule has 2 aromatic carbocycles. The summed E-state index contributed by atoms with van der Waals surface area (Å²) in [5.41, 5.74) is 2.50. The number of nitriles is 1. The lowest BCUT2D eigenvalue weighted by Crippen LogP contribution is -2.45. The van der Waals surface area contributed by atoms with Crippen LogP contribution < -0.4 is 5.32 Å². The molecule has 0 aliphatic rings. The molecule has 1 amide bonds. The van der Waals surface area contributed by atoms with Crippen LogP contribution in [0.4, 0.5) is 0 Å². The van der Waals surface area contributed by atoms with E-state index in [1.807, 2.05) is 48.5 Å². The number of hydrogen-bond donors (Lipinski definition) is 1. The summed E-state index contributed by atoms with van der Waals surface area (Å²) in [4.78, 5) is 24.3. The maximum atomic E-state index is 12.4. The maximum absolute atomic E-state index is 12.4. The molecule has 2 aromatic rings. The van der Waals surface area contributed by atoms with Crippen LogP contribution in [0, 0.1) is 17.2 Å². The molecule has 5 nitrogen and oxygen atoms in total. The predicted molar refractivity (Wildman–Crippen MR) is 94.5 cm³/mol. The summed E-state index contributed by atoms with van der Waals surface area (Å²) in [7, 11) is 1.26. The van der Waals surface area contributed by atoms with Crippen LogP contribution >= 0.6 is 0 Å². The van der Waals surface area contributed by atoms with Gasteiger partial charge in [-0.15, -0.1) is 0 Å². The zero-order chi connectivity index (χ0) is 18.2. The van der Waals surface area contributed by atoms with Crippen LogP contribution in [0.15, 0.2) is 54.6 Å². The van der Waals surface area contributed by atoms with E-state index < -0.39 is 12.0 Å². The Labute approximate surface area is 147 Å². The summed E-state index contributed by atoms with van der Waals surface area (Å²) in [6, 6.07) is 18.1. The lowest BCUT2D eigenvalue weighted by Gasteiger charge is -2.21. The van der Waals surface area contributed by atoms with Crippen LogP contribution in [-0.4, -0.2) is 25.0 Å². The smallest absolute Gasteiger partial charge is 0.328 e. The monoisotopic (exact) mass is 336 g/mol. The van der Waals surface area contributed by atoms with Gasteiger partial charge in [0.05, 0.1) is 13.2 Å². The summed E-state index contributed by atoms with van der Waals surface area (Å²) in [6.07, 6.45) is 0.146. The van der Waals surface area contributed by atoms with Crippen molar-refractivity contribution in [3.05, 3.63) is 60.2 Å². The molecule has 0 unspecified atom stereocenters. The highest BCUT2D eigenvalue weighted by atomic mass is 16.5. The number of rotatable bonds is 6. The van der Waals surface area contributed by atoms with E-state index in [0.29, 0.717) is 5.56 Å². The van der Waals surface area contributed by atoms with Gasteiger partial charge >= 0.3 is 5.97 Å². The first-order valence-corrected chi connectivity index (χ1v) is 7.98. The topological polar surface area (TPSA) is 79.2 Å². The lowest BCUT2D eigenvalue weighted by atomic mass is 9.98. The Balaban J connectivity index is 2.13. The van der Waals surface area contributed by atoms with E-state index in [1.54, 1.807) is 19.1 Å². The number of ether oxygens (including phenoxy) is 1. The minimum atomic E-state index is -0.856. The Bertz CT molecular complexity index is 764. The fourth-order valence-corrected chi connectivity index (χ4v) is 2.49. The standard InChI is InChI=1S/C20H20N2O3/c1-14(12-13-21)18(20(24)25-2)22-19(23)17-10-8-16(9-11-17)15-6-4-3-5-7-15/h3-11,14,18H,12H2,1-2H3,(H,22,23)/t14-,18-/m0/s1. The van der Waals surface area contributed by atoms with Crippen molar-refractivity contribution >= 4 is 11.9 Å². The fraction of sp³-hybridized carbons (Fsp3) is 0.250. The van der Waals surface area contributed by atoms with Crippen molar-refractivity contribution < 1.29 is 14.3 Å². The second-order valence-corrected chi connectivity index (χ2v) is 5.76. The van der Waals surface area contributed by atoms with Crippen molar-refractivity contribution in [2.75, 3.05) is 7.11 Å². The second kappa shape index (κ2) is 8.65. The van der Waals surface area contributed by atoms with Crippen molar-refractivity contribution in [1.82, 2.24) is 5.32 Å². The fourth-order valence-electron chi connectivity index (χ4n) is 2.49. The molecule has 0 saturated heterocycles. The van der Waals surface area contributed by atoms with Crippen molar-refractivity contribution in [2.24, 2.45) is 5.92 Å². The zero-order valence-corrected chi connectivity index (χ0v) is 14.2. The van der Waals surface area contributed by atoms with Gasteiger partial charge in [0.15, 0.2) is 0 Å². The molecular formula is C20H20N2O3. The summed E-state index contributed by atoms with van der Waals surface area (Å²) in [6.45, 7) is 1.73. The predicted octanol–water partition coefficient (Wildman–Crippen LogP) is 3.17. The molecule has 0 radical (unpaired) electrons. The number of esters is 1. The van der Waals surface area contributed by atoms with Crippen LogP contribution in [0.25, 0.3) is 11.1 Å². The van der Waals surface area contributed by atoms with Crippen molar-refractivity contribution in [3.8, 4) is 17.2 Å². The summed E-state index contributed by atoms with van der Waals surface area (Å²) < 4.78 is 4.73. The van der Waals surface area contributed by atoms with Gasteiger partial charge < -0.3 is 10.1 Å². The molecule has 5 heteroatoms.